The fourth-order valence-electron chi connectivity index (χ4n) is 2.58. The molecule has 0 unspecified atom stereocenters. The Balaban J connectivity index is 1.80. The van der Waals surface area contributed by atoms with Crippen molar-refractivity contribution >= 4 is 5.97 Å². The molecule has 1 saturated carbocycles. The molecule has 21 heavy (non-hydrogen) atoms. The van der Waals surface area contributed by atoms with Gasteiger partial charge in [0.1, 0.15) is 0 Å². The van der Waals surface area contributed by atoms with Crippen molar-refractivity contribution in [3.8, 4) is 0 Å². The Kier molecular flexibility index (Phi) is 6.44. The Hall–Kier alpha value is -1.65. The summed E-state index contributed by atoms with van der Waals surface area (Å²) < 4.78 is 4.84. The molecular formula is C17H23NO3. The third-order valence-electron chi connectivity index (χ3n) is 3.73. The number of hydrogen-bond acceptors (Lipinski definition) is 4. The third-order valence-corrected chi connectivity index (χ3v) is 3.73. The number of nitrogens with one attached hydrogen (secondary N) is 1. The first-order valence-electron chi connectivity index (χ1n) is 7.47. The minimum absolute atomic E-state index is 0.280. The van der Waals surface area contributed by atoms with E-state index in [1.807, 2.05) is 36.4 Å². The molecule has 4 heteroatoms. The summed E-state index contributed by atoms with van der Waals surface area (Å²) in [6, 6.07) is 9.91. The number of esters is 1. The monoisotopic (exact) mass is 289 g/mol. The van der Waals surface area contributed by atoms with Gasteiger partial charge in [-0.2, -0.15) is 5.48 Å². The fraction of sp³-hybridized carbons (Fsp3) is 0.471. The van der Waals surface area contributed by atoms with Crippen molar-refractivity contribution in [1.29, 1.82) is 0 Å². The summed E-state index contributed by atoms with van der Waals surface area (Å²) in [5.41, 5.74) is 4.59. The van der Waals surface area contributed by atoms with Crippen molar-refractivity contribution in [2.45, 2.75) is 32.3 Å². The van der Waals surface area contributed by atoms with E-state index in [1.54, 1.807) is 0 Å². The van der Waals surface area contributed by atoms with Gasteiger partial charge in [0, 0.05) is 5.57 Å². The van der Waals surface area contributed by atoms with Gasteiger partial charge < -0.3 is 4.74 Å². The zero-order valence-electron chi connectivity index (χ0n) is 12.5. The van der Waals surface area contributed by atoms with Crippen LogP contribution in [0.2, 0.25) is 0 Å². The molecule has 1 N–H and O–H groups in total. The van der Waals surface area contributed by atoms with E-state index < -0.39 is 0 Å². The topological polar surface area (TPSA) is 47.6 Å². The summed E-state index contributed by atoms with van der Waals surface area (Å²) in [5.74, 6) is 0.215. The number of carbonyl (C=O) groups excluding carboxylic acids is 1. The molecule has 1 aromatic rings. The maximum absolute atomic E-state index is 11.8. The van der Waals surface area contributed by atoms with Crippen LogP contribution in [0, 0.1) is 5.92 Å². The van der Waals surface area contributed by atoms with Crippen LogP contribution in [0.3, 0.4) is 0 Å². The zero-order chi connectivity index (χ0) is 14.9. The van der Waals surface area contributed by atoms with Gasteiger partial charge in [-0.1, -0.05) is 49.2 Å². The molecule has 0 amide bonds. The summed E-state index contributed by atoms with van der Waals surface area (Å²) in [5, 5.41) is 0. The number of hydroxylamine groups is 1. The summed E-state index contributed by atoms with van der Waals surface area (Å²) in [6.07, 6.45) is 6.84. The van der Waals surface area contributed by atoms with Gasteiger partial charge in [0.2, 0.25) is 0 Å². The van der Waals surface area contributed by atoms with Gasteiger partial charge in [-0.15, -0.1) is 0 Å². The Morgan fingerprint density at radius 1 is 1.29 bits per heavy atom. The molecule has 0 spiro atoms. The Labute approximate surface area is 126 Å². The lowest BCUT2D eigenvalue weighted by molar-refractivity contribution is -0.136. The molecule has 0 saturated heterocycles. The van der Waals surface area contributed by atoms with Crippen LogP contribution in [-0.2, 0) is 21.0 Å². The maximum atomic E-state index is 11.8. The molecule has 114 valence electrons. The van der Waals surface area contributed by atoms with Crippen LogP contribution < -0.4 is 5.48 Å². The van der Waals surface area contributed by atoms with E-state index in [9.17, 15) is 4.79 Å². The van der Waals surface area contributed by atoms with Gasteiger partial charge in [0.05, 0.1) is 20.3 Å². The van der Waals surface area contributed by atoms with E-state index in [0.717, 1.165) is 18.4 Å². The van der Waals surface area contributed by atoms with Crippen molar-refractivity contribution in [3.05, 3.63) is 47.5 Å². The average molecular weight is 289 g/mol. The highest BCUT2D eigenvalue weighted by Gasteiger charge is 2.17. The molecule has 0 atom stereocenters. The normalized spacial score (nSPS) is 16.1. The van der Waals surface area contributed by atoms with Crippen LogP contribution in [0.5, 0.6) is 0 Å². The van der Waals surface area contributed by atoms with Gasteiger partial charge in [-0.25, -0.2) is 4.79 Å². The van der Waals surface area contributed by atoms with Gasteiger partial charge in [0.25, 0.3) is 0 Å². The van der Waals surface area contributed by atoms with E-state index >= 15 is 0 Å². The highest BCUT2D eigenvalue weighted by Crippen LogP contribution is 2.26. The smallest absolute Gasteiger partial charge is 0.334 e. The van der Waals surface area contributed by atoms with Crippen molar-refractivity contribution in [2.24, 2.45) is 5.92 Å². The van der Waals surface area contributed by atoms with E-state index in [4.69, 9.17) is 9.57 Å². The molecule has 1 aliphatic rings. The van der Waals surface area contributed by atoms with Crippen LogP contribution in [-0.4, -0.2) is 19.6 Å². The predicted octanol–water partition coefficient (Wildman–Crippen LogP) is 3.00. The van der Waals surface area contributed by atoms with Crippen LogP contribution in [0.1, 0.15) is 31.2 Å². The molecule has 0 bridgehead atoms. The van der Waals surface area contributed by atoms with Gasteiger partial charge in [-0.3, -0.25) is 4.84 Å². The fourth-order valence-corrected chi connectivity index (χ4v) is 2.58. The quantitative estimate of drug-likeness (QED) is 0.363. The minimum Gasteiger partial charge on any atom is -0.466 e. The van der Waals surface area contributed by atoms with Crippen molar-refractivity contribution < 1.29 is 14.4 Å². The van der Waals surface area contributed by atoms with Crippen LogP contribution >= 0.6 is 0 Å². The minimum atomic E-state index is -0.280. The Bertz CT molecular complexity index is 464. The second kappa shape index (κ2) is 8.60. The van der Waals surface area contributed by atoms with Crippen LogP contribution in [0.15, 0.2) is 42.0 Å². The first kappa shape index (κ1) is 15.7. The molecule has 1 aliphatic carbocycles. The number of benzene rings is 1. The second-order valence-electron chi connectivity index (χ2n) is 5.32. The van der Waals surface area contributed by atoms with E-state index in [0.29, 0.717) is 24.6 Å². The standard InChI is InChI=1S/C17H23NO3/c1-20-17(19)16(11-14-7-5-6-8-14)12-18-21-13-15-9-3-2-4-10-15/h2-4,9-11,14,18H,5-8,12-13H2,1H3/b16-11-. The highest BCUT2D eigenvalue weighted by molar-refractivity contribution is 5.88. The molecule has 0 heterocycles. The molecule has 0 radical (unpaired) electrons. The highest BCUT2D eigenvalue weighted by atomic mass is 16.6. The van der Waals surface area contributed by atoms with E-state index in [-0.39, 0.29) is 5.97 Å². The number of allylic oxidation sites excluding steroid dienone is 1. The predicted molar refractivity (Wildman–Crippen MR) is 81.3 cm³/mol. The molecule has 1 aromatic carbocycles. The summed E-state index contributed by atoms with van der Waals surface area (Å²) in [7, 11) is 1.41. The first-order valence-corrected chi connectivity index (χ1v) is 7.47. The summed E-state index contributed by atoms with van der Waals surface area (Å²) in [4.78, 5) is 17.2. The second-order valence-corrected chi connectivity index (χ2v) is 5.32. The molecule has 0 aliphatic heterocycles. The number of hydrogen-bond donors (Lipinski definition) is 1. The summed E-state index contributed by atoms with van der Waals surface area (Å²) in [6.45, 7) is 0.842. The van der Waals surface area contributed by atoms with Crippen molar-refractivity contribution in [3.63, 3.8) is 0 Å². The number of carbonyl (C=O) groups is 1. The maximum Gasteiger partial charge on any atom is 0.334 e. The third kappa shape index (κ3) is 5.33. The number of rotatable bonds is 7. The Morgan fingerprint density at radius 2 is 2.00 bits per heavy atom. The first-order chi connectivity index (χ1) is 10.3. The molecule has 2 rings (SSSR count). The lowest BCUT2D eigenvalue weighted by Gasteiger charge is -2.10. The van der Waals surface area contributed by atoms with Gasteiger partial charge in [-0.05, 0) is 24.3 Å². The van der Waals surface area contributed by atoms with Crippen LogP contribution in [0.4, 0.5) is 0 Å². The zero-order valence-corrected chi connectivity index (χ0v) is 12.5. The molecule has 4 nitrogen and oxygen atoms in total. The van der Waals surface area contributed by atoms with E-state index in [2.05, 4.69) is 5.48 Å². The molecule has 0 aromatic heterocycles. The number of methoxy groups -OCH3 is 1. The lowest BCUT2D eigenvalue weighted by atomic mass is 10.0. The largest absolute Gasteiger partial charge is 0.466 e. The lowest BCUT2D eigenvalue weighted by Crippen LogP contribution is -2.22. The SMILES string of the molecule is COC(=O)/C(=C\C1CCCC1)CNOCc1ccccc1. The van der Waals surface area contributed by atoms with Crippen molar-refractivity contribution in [2.75, 3.05) is 13.7 Å². The average Bonchev–Trinajstić information content (AvgIpc) is 3.03. The summed E-state index contributed by atoms with van der Waals surface area (Å²) >= 11 is 0. The van der Waals surface area contributed by atoms with E-state index in [1.165, 1.54) is 20.0 Å². The van der Waals surface area contributed by atoms with Gasteiger partial charge in [0.15, 0.2) is 0 Å². The van der Waals surface area contributed by atoms with Gasteiger partial charge >= 0.3 is 5.97 Å². The Morgan fingerprint density at radius 3 is 2.67 bits per heavy atom. The molecule has 1 fully saturated rings. The molecular weight excluding hydrogens is 266 g/mol. The number of ether oxygens (including phenoxy) is 1. The van der Waals surface area contributed by atoms with Crippen LogP contribution in [0.25, 0.3) is 0 Å². The van der Waals surface area contributed by atoms with Crippen molar-refractivity contribution in [1.82, 2.24) is 5.48 Å².